The average Bonchev–Trinajstić information content (AvgIpc) is 2.61. The van der Waals surface area contributed by atoms with Crippen LogP contribution in [0.5, 0.6) is 0 Å². The van der Waals surface area contributed by atoms with E-state index in [9.17, 15) is 4.79 Å². The molecule has 0 aromatic heterocycles. The van der Waals surface area contributed by atoms with Crippen LogP contribution in [-0.4, -0.2) is 15.4 Å². The first-order chi connectivity index (χ1) is 13.4. The molecule has 1 unspecified atom stereocenters. The molecule has 2 nitrogen and oxygen atoms in total. The number of rotatable bonds is 4. The Morgan fingerprint density at radius 1 is 0.931 bits per heavy atom. The second-order valence-corrected chi connectivity index (χ2v) is 12.5. The largest absolute Gasteiger partial charge is 0.292 e. The van der Waals surface area contributed by atoms with Crippen molar-refractivity contribution in [2.45, 2.75) is 76.3 Å². The lowest BCUT2D eigenvalue weighted by Crippen LogP contribution is -2.53. The highest BCUT2D eigenvalue weighted by molar-refractivity contribution is 8.18. The maximum absolute atomic E-state index is 14.2. The van der Waals surface area contributed by atoms with Crippen molar-refractivity contribution in [3.8, 4) is 0 Å². The minimum atomic E-state index is -0.652. The van der Waals surface area contributed by atoms with Crippen LogP contribution in [0.15, 0.2) is 41.3 Å². The van der Waals surface area contributed by atoms with Crippen LogP contribution in [-0.2, 0) is 6.42 Å². The molecule has 1 atom stereocenters. The number of hydrogen-bond acceptors (Lipinski definition) is 4. The van der Waals surface area contributed by atoms with Crippen molar-refractivity contribution in [2.24, 2.45) is 5.41 Å². The van der Waals surface area contributed by atoms with Crippen LogP contribution in [0.2, 0.25) is 0 Å². The van der Waals surface area contributed by atoms with Crippen LogP contribution < -0.4 is 4.72 Å². The Morgan fingerprint density at radius 2 is 1.52 bits per heavy atom. The zero-order valence-electron chi connectivity index (χ0n) is 18.9. The molecule has 1 aliphatic rings. The molecule has 1 N–H and O–H groups in total. The molecule has 0 aliphatic heterocycles. The number of hydrogen-bond donors (Lipinski definition) is 1. The second-order valence-electron chi connectivity index (χ2n) is 9.93. The van der Waals surface area contributed by atoms with Gasteiger partial charge in [-0.1, -0.05) is 67.4 Å². The number of fused-ring (bicyclic) bond motifs is 1. The number of ketones is 1. The van der Waals surface area contributed by atoms with E-state index in [1.165, 1.54) is 16.7 Å². The van der Waals surface area contributed by atoms with Gasteiger partial charge in [-0.25, -0.2) is 0 Å². The normalized spacial score (nSPS) is 21.2. The van der Waals surface area contributed by atoms with Crippen molar-refractivity contribution in [1.82, 2.24) is 4.72 Å². The summed E-state index contributed by atoms with van der Waals surface area (Å²) >= 11 is 3.31. The summed E-state index contributed by atoms with van der Waals surface area (Å²) in [6, 6.07) is 12.8. The molecule has 2 aromatic rings. The predicted molar refractivity (Wildman–Crippen MR) is 128 cm³/mol. The van der Waals surface area contributed by atoms with Crippen LogP contribution in [0, 0.1) is 26.2 Å². The van der Waals surface area contributed by atoms with Gasteiger partial charge < -0.3 is 0 Å². The molecule has 0 saturated carbocycles. The third kappa shape index (κ3) is 4.30. The molecule has 0 bridgehead atoms. The van der Waals surface area contributed by atoms with Crippen molar-refractivity contribution >= 4 is 29.5 Å². The summed E-state index contributed by atoms with van der Waals surface area (Å²) in [6.45, 7) is 17.2. The Labute approximate surface area is 184 Å². The van der Waals surface area contributed by atoms with Crippen LogP contribution >= 0.6 is 23.7 Å². The van der Waals surface area contributed by atoms with Crippen molar-refractivity contribution in [3.63, 3.8) is 0 Å². The first-order valence-corrected chi connectivity index (χ1v) is 11.8. The molecule has 0 spiro atoms. The molecule has 0 heterocycles. The highest BCUT2D eigenvalue weighted by atomic mass is 32.2. The molecule has 0 fully saturated rings. The topological polar surface area (TPSA) is 29.1 Å². The van der Waals surface area contributed by atoms with Crippen LogP contribution in [0.1, 0.15) is 67.2 Å². The van der Waals surface area contributed by atoms with E-state index in [4.69, 9.17) is 0 Å². The number of aryl methyl sites for hydroxylation is 3. The van der Waals surface area contributed by atoms with Gasteiger partial charge >= 0.3 is 0 Å². The third-order valence-corrected chi connectivity index (χ3v) is 9.35. The second kappa shape index (κ2) is 7.79. The molecule has 2 aromatic carbocycles. The lowest BCUT2D eigenvalue weighted by molar-refractivity contribution is 0.0900. The van der Waals surface area contributed by atoms with E-state index in [0.717, 1.165) is 22.4 Å². The maximum Gasteiger partial charge on any atom is 0.191 e. The Balaban J connectivity index is 2.17. The van der Waals surface area contributed by atoms with Gasteiger partial charge in [-0.15, -0.1) is 0 Å². The highest BCUT2D eigenvalue weighted by Crippen LogP contribution is 2.59. The fourth-order valence-corrected chi connectivity index (χ4v) is 6.55. The molecular formula is C25H33NOS2. The molecular weight excluding hydrogens is 394 g/mol. The SMILES string of the molecule is Cc1ccc(SC2(SNC(C)(C)C)C(=O)c3c(C)ccc(C)c3CC2(C)C)cc1. The Hall–Kier alpha value is -1.23. The minimum absolute atomic E-state index is 0.0935. The van der Waals surface area contributed by atoms with Crippen LogP contribution in [0.25, 0.3) is 0 Å². The van der Waals surface area contributed by atoms with E-state index in [1.807, 2.05) is 0 Å². The zero-order chi connectivity index (χ0) is 21.6. The number of carbonyl (C=O) groups is 1. The third-order valence-electron chi connectivity index (χ3n) is 5.57. The van der Waals surface area contributed by atoms with E-state index in [-0.39, 0.29) is 16.7 Å². The van der Waals surface area contributed by atoms with Gasteiger partial charge in [-0.3, -0.25) is 9.52 Å². The predicted octanol–water partition coefficient (Wildman–Crippen LogP) is 6.90. The van der Waals surface area contributed by atoms with Gasteiger partial charge in [0.15, 0.2) is 5.78 Å². The molecule has 0 amide bonds. The molecule has 0 radical (unpaired) electrons. The van der Waals surface area contributed by atoms with Gasteiger partial charge in [0.25, 0.3) is 0 Å². The monoisotopic (exact) mass is 427 g/mol. The van der Waals surface area contributed by atoms with Gasteiger partial charge in [-0.05, 0) is 76.8 Å². The Bertz CT molecular complexity index is 925. The smallest absolute Gasteiger partial charge is 0.191 e. The minimum Gasteiger partial charge on any atom is -0.292 e. The summed E-state index contributed by atoms with van der Waals surface area (Å²) < 4.78 is 2.94. The summed E-state index contributed by atoms with van der Waals surface area (Å²) in [5, 5.41) is 0. The number of nitrogens with one attached hydrogen (secondary N) is 1. The van der Waals surface area contributed by atoms with Crippen molar-refractivity contribution in [3.05, 3.63) is 64.2 Å². The summed E-state index contributed by atoms with van der Waals surface area (Å²) in [7, 11) is 0. The van der Waals surface area contributed by atoms with E-state index in [0.29, 0.717) is 0 Å². The van der Waals surface area contributed by atoms with Crippen molar-refractivity contribution in [2.75, 3.05) is 0 Å². The van der Waals surface area contributed by atoms with Crippen molar-refractivity contribution < 1.29 is 4.79 Å². The lowest BCUT2D eigenvalue weighted by Gasteiger charge is -2.49. The highest BCUT2D eigenvalue weighted by Gasteiger charge is 2.57. The van der Waals surface area contributed by atoms with Crippen LogP contribution in [0.3, 0.4) is 0 Å². The van der Waals surface area contributed by atoms with Gasteiger partial charge in [-0.2, -0.15) is 0 Å². The van der Waals surface area contributed by atoms with E-state index in [2.05, 4.69) is 96.5 Å². The fraction of sp³-hybridized carbons (Fsp3) is 0.480. The van der Waals surface area contributed by atoms with Gasteiger partial charge in [0.05, 0.1) is 0 Å². The number of benzene rings is 2. The molecule has 0 saturated heterocycles. The summed E-state index contributed by atoms with van der Waals surface area (Å²) in [6.07, 6.45) is 0.888. The van der Waals surface area contributed by atoms with E-state index < -0.39 is 4.08 Å². The molecule has 3 rings (SSSR count). The first-order valence-electron chi connectivity index (χ1n) is 10.2. The molecule has 4 heteroatoms. The Morgan fingerprint density at radius 3 is 2.10 bits per heavy atom. The zero-order valence-corrected chi connectivity index (χ0v) is 20.5. The van der Waals surface area contributed by atoms with Crippen LogP contribution in [0.4, 0.5) is 0 Å². The van der Waals surface area contributed by atoms with E-state index >= 15 is 0 Å². The molecule has 29 heavy (non-hydrogen) atoms. The average molecular weight is 428 g/mol. The quantitative estimate of drug-likeness (QED) is 0.424. The first kappa shape index (κ1) is 22.5. The standard InChI is InChI=1S/C25H33NOS2/c1-16-9-13-19(14-10-16)28-25(29-26-23(4,5)6)22(27)21-18(3)12-11-17(2)20(21)15-24(25,7)8/h9-14,26H,15H2,1-8H3. The summed E-state index contributed by atoms with van der Waals surface area (Å²) in [4.78, 5) is 15.4. The fourth-order valence-electron chi connectivity index (χ4n) is 3.83. The summed E-state index contributed by atoms with van der Waals surface area (Å²) in [5.41, 5.74) is 5.35. The number of carbonyl (C=O) groups excluding carboxylic acids is 1. The Kier molecular flexibility index (Phi) is 6.03. The molecule has 156 valence electrons. The summed E-state index contributed by atoms with van der Waals surface area (Å²) in [5.74, 6) is 0.234. The van der Waals surface area contributed by atoms with Gasteiger partial charge in [0, 0.05) is 21.4 Å². The lowest BCUT2D eigenvalue weighted by atomic mass is 9.70. The maximum atomic E-state index is 14.2. The number of Topliss-reactive ketones (excluding diaryl/α,β-unsaturated/α-hetero) is 1. The van der Waals surface area contributed by atoms with Crippen molar-refractivity contribution in [1.29, 1.82) is 0 Å². The number of thioether (sulfide) groups is 1. The van der Waals surface area contributed by atoms with E-state index in [1.54, 1.807) is 23.7 Å². The van der Waals surface area contributed by atoms with Gasteiger partial charge in [0.2, 0.25) is 0 Å². The molecule has 1 aliphatic carbocycles. The van der Waals surface area contributed by atoms with Gasteiger partial charge in [0.1, 0.15) is 4.08 Å².